The molecule has 10 rings (SSSR count). The van der Waals surface area contributed by atoms with Crippen LogP contribution in [0.1, 0.15) is 97.7 Å². The van der Waals surface area contributed by atoms with E-state index < -0.39 is 35.9 Å². The second-order valence-corrected chi connectivity index (χ2v) is 17.6. The summed E-state index contributed by atoms with van der Waals surface area (Å²) in [6.07, 6.45) is 4.31. The number of ether oxygens (including phenoxy) is 2. The van der Waals surface area contributed by atoms with E-state index in [-0.39, 0.29) is 81.5 Å². The number of piperidine rings is 2. The van der Waals surface area contributed by atoms with Crippen molar-refractivity contribution < 1.29 is 48.1 Å². The maximum absolute atomic E-state index is 13.5. The third-order valence-corrected chi connectivity index (χ3v) is 13.4. The topological polar surface area (TPSA) is 223 Å². The van der Waals surface area contributed by atoms with Crippen LogP contribution in [0.2, 0.25) is 0 Å². The van der Waals surface area contributed by atoms with Crippen molar-refractivity contribution in [2.45, 2.75) is 95.5 Å². The largest absolute Gasteiger partial charge is 0.489 e. The maximum atomic E-state index is 13.5. The van der Waals surface area contributed by atoms with E-state index in [2.05, 4.69) is 26.8 Å². The minimum atomic E-state index is -0.917. The normalized spacial score (nSPS) is 21.6. The lowest BCUT2D eigenvalue weighted by atomic mass is 9.90. The first kappa shape index (κ1) is 43.2. The second kappa shape index (κ2) is 17.9. The smallest absolute Gasteiger partial charge is 0.320 e. The van der Waals surface area contributed by atoms with Crippen LogP contribution >= 0.6 is 0 Å². The molecule has 67 heavy (non-hydrogen) atoms. The van der Waals surface area contributed by atoms with Gasteiger partial charge in [0.15, 0.2) is 0 Å². The number of likely N-dealkylation sites (tertiary alicyclic amines) is 1. The molecular formula is C49H46N8O10. The molecule has 18 nitrogen and oxygen atoms in total. The summed E-state index contributed by atoms with van der Waals surface area (Å²) in [7, 11) is 0. The molecule has 1 aromatic heterocycles. The van der Waals surface area contributed by atoms with Gasteiger partial charge in [0.1, 0.15) is 55.5 Å². The van der Waals surface area contributed by atoms with Gasteiger partial charge in [0.05, 0.1) is 19.6 Å². The van der Waals surface area contributed by atoms with Gasteiger partial charge in [0, 0.05) is 48.2 Å². The summed E-state index contributed by atoms with van der Waals surface area (Å²) in [6, 6.07) is 22.1. The number of amides is 6. The van der Waals surface area contributed by atoms with Crippen LogP contribution in [0, 0.1) is 0 Å². The minimum absolute atomic E-state index is 0.139. The Morgan fingerprint density at radius 3 is 1.85 bits per heavy atom. The fourth-order valence-corrected chi connectivity index (χ4v) is 9.99. The second-order valence-electron chi connectivity index (χ2n) is 17.6. The van der Waals surface area contributed by atoms with Gasteiger partial charge in [-0.3, -0.25) is 49.1 Å². The molecule has 5 aliphatic heterocycles. The Morgan fingerprint density at radius 2 is 1.28 bits per heavy atom. The van der Waals surface area contributed by atoms with Crippen molar-refractivity contribution in [2.24, 2.45) is 0 Å². The molecule has 0 saturated carbocycles. The molecule has 5 aromatic rings. The fraction of sp³-hybridized carbons (Fsp3) is 0.327. The molecule has 4 atom stereocenters. The van der Waals surface area contributed by atoms with E-state index in [1.54, 1.807) is 47.4 Å². The summed E-state index contributed by atoms with van der Waals surface area (Å²) in [4.78, 5) is 97.5. The van der Waals surface area contributed by atoms with Crippen LogP contribution in [0.3, 0.4) is 0 Å². The number of carboxylic acid groups (broad SMARTS) is 1. The SMILES string of the molecule is O=C1CCC(N2Cc3c(OCc4ccc(CN5CC(c6cc(Cn7cncn7)ccc6COc6cccc7c6CN(C6CCC(=O)NC6=O)C7=O)C[C@@H]5C(=O)O)cc4)cccc3C2=O)C(=O)N1. The van der Waals surface area contributed by atoms with Crippen LogP contribution in [-0.2, 0) is 63.4 Å². The highest BCUT2D eigenvalue weighted by molar-refractivity contribution is 6.06. The van der Waals surface area contributed by atoms with E-state index in [4.69, 9.17) is 9.47 Å². The molecule has 3 N–H and O–H groups in total. The molecule has 0 aliphatic carbocycles. The number of carbonyl (C=O) groups excluding carboxylic acids is 6. The molecule has 3 fully saturated rings. The Labute approximate surface area is 383 Å². The zero-order chi connectivity index (χ0) is 46.3. The molecule has 0 spiro atoms. The molecule has 3 saturated heterocycles. The Hall–Kier alpha value is -7.73. The van der Waals surface area contributed by atoms with Crippen LogP contribution in [0.25, 0.3) is 0 Å². The standard InChI is InChI=1S/C49H46N8O10/c58-43-15-13-38(45(60)52-43)56-22-36-33(47(56)62)3-1-5-41(36)66-24-29-9-7-28(8-10-29)19-54-21-32(18-40(54)49(64)65)35-17-30(20-55-27-50-26-51-55)11-12-31(35)25-67-42-6-2-4-34-37(42)23-57(48(34)63)39-14-16-44(59)53-46(39)61/h1-12,17,26-27,32,38-40H,13-16,18-25H2,(H,64,65)(H,52,58,60)(H,53,59,61)/t32?,38?,39?,40-/m1/s1. The number of carbonyl (C=O) groups is 7. The molecule has 3 unspecified atom stereocenters. The van der Waals surface area contributed by atoms with Gasteiger partial charge in [-0.15, -0.1) is 0 Å². The zero-order valence-electron chi connectivity index (χ0n) is 36.3. The number of aromatic nitrogens is 3. The number of fused-ring (bicyclic) bond motifs is 2. The summed E-state index contributed by atoms with van der Waals surface area (Å²) in [5, 5.41) is 19.5. The molecule has 5 aliphatic rings. The van der Waals surface area contributed by atoms with Gasteiger partial charge < -0.3 is 24.4 Å². The van der Waals surface area contributed by atoms with Gasteiger partial charge in [-0.25, -0.2) is 9.67 Å². The van der Waals surface area contributed by atoms with E-state index in [1.807, 2.05) is 41.3 Å². The Balaban J connectivity index is 0.825. The third-order valence-electron chi connectivity index (χ3n) is 13.4. The highest BCUT2D eigenvalue weighted by Gasteiger charge is 2.42. The van der Waals surface area contributed by atoms with E-state index in [0.29, 0.717) is 59.8 Å². The Bertz CT molecular complexity index is 2830. The van der Waals surface area contributed by atoms with Crippen LogP contribution in [0.5, 0.6) is 11.5 Å². The van der Waals surface area contributed by atoms with E-state index in [0.717, 1.165) is 27.8 Å². The van der Waals surface area contributed by atoms with Crippen LogP contribution < -0.4 is 20.1 Å². The van der Waals surface area contributed by atoms with Gasteiger partial charge in [-0.05, 0) is 77.3 Å². The molecule has 6 heterocycles. The highest BCUT2D eigenvalue weighted by atomic mass is 16.5. The van der Waals surface area contributed by atoms with Gasteiger partial charge >= 0.3 is 5.97 Å². The number of benzene rings is 4. The first-order valence-corrected chi connectivity index (χ1v) is 22.2. The van der Waals surface area contributed by atoms with Crippen molar-refractivity contribution >= 4 is 41.4 Å². The van der Waals surface area contributed by atoms with Crippen molar-refractivity contribution in [1.82, 2.24) is 40.1 Å². The number of hydrogen-bond acceptors (Lipinski definition) is 12. The van der Waals surface area contributed by atoms with E-state index in [1.165, 1.54) is 16.1 Å². The third kappa shape index (κ3) is 8.62. The quantitative estimate of drug-likeness (QED) is 0.136. The lowest BCUT2D eigenvalue weighted by Gasteiger charge is -2.29. The Morgan fingerprint density at radius 1 is 0.701 bits per heavy atom. The number of nitrogens with one attached hydrogen (secondary N) is 2. The molecule has 342 valence electrons. The molecular weight excluding hydrogens is 861 g/mol. The summed E-state index contributed by atoms with van der Waals surface area (Å²) in [5.74, 6) is -2.28. The zero-order valence-corrected chi connectivity index (χ0v) is 36.3. The van der Waals surface area contributed by atoms with Crippen LogP contribution in [-0.4, -0.2) is 101 Å². The van der Waals surface area contributed by atoms with Gasteiger partial charge in [-0.2, -0.15) is 5.10 Å². The average molecular weight is 907 g/mol. The number of nitrogens with zero attached hydrogens (tertiary/aromatic N) is 6. The fourth-order valence-electron chi connectivity index (χ4n) is 9.99. The number of hydrogen-bond donors (Lipinski definition) is 3. The molecule has 18 heteroatoms. The van der Waals surface area contributed by atoms with E-state index >= 15 is 0 Å². The van der Waals surface area contributed by atoms with Crippen molar-refractivity contribution in [3.63, 3.8) is 0 Å². The van der Waals surface area contributed by atoms with Crippen molar-refractivity contribution in [2.75, 3.05) is 6.54 Å². The number of aliphatic carboxylic acids is 1. The molecule has 6 amide bonds. The molecule has 4 aromatic carbocycles. The number of carboxylic acids is 1. The Kier molecular flexibility index (Phi) is 11.5. The van der Waals surface area contributed by atoms with Crippen LogP contribution in [0.4, 0.5) is 0 Å². The van der Waals surface area contributed by atoms with Crippen molar-refractivity contribution in [3.8, 4) is 11.5 Å². The molecule has 0 bridgehead atoms. The summed E-state index contributed by atoms with van der Waals surface area (Å²) in [5.41, 5.74) is 6.82. The maximum Gasteiger partial charge on any atom is 0.320 e. The van der Waals surface area contributed by atoms with Crippen LogP contribution in [0.15, 0.2) is 91.5 Å². The van der Waals surface area contributed by atoms with Gasteiger partial charge in [0.2, 0.25) is 23.6 Å². The summed E-state index contributed by atoms with van der Waals surface area (Å²) >= 11 is 0. The predicted molar refractivity (Wildman–Crippen MR) is 235 cm³/mol. The monoisotopic (exact) mass is 906 g/mol. The molecule has 0 radical (unpaired) electrons. The van der Waals surface area contributed by atoms with Crippen molar-refractivity contribution in [3.05, 3.63) is 142 Å². The number of imide groups is 2. The van der Waals surface area contributed by atoms with Crippen molar-refractivity contribution in [1.29, 1.82) is 0 Å². The van der Waals surface area contributed by atoms with Gasteiger partial charge in [0.25, 0.3) is 11.8 Å². The first-order chi connectivity index (χ1) is 32.5. The minimum Gasteiger partial charge on any atom is -0.489 e. The first-order valence-electron chi connectivity index (χ1n) is 22.2. The average Bonchev–Trinajstić information content (AvgIpc) is 4.13. The number of rotatable bonds is 14. The lowest BCUT2D eigenvalue weighted by Crippen LogP contribution is -2.52. The lowest BCUT2D eigenvalue weighted by molar-refractivity contribution is -0.142. The summed E-state index contributed by atoms with van der Waals surface area (Å²) < 4.78 is 14.4. The summed E-state index contributed by atoms with van der Waals surface area (Å²) in [6.45, 7) is 2.02. The van der Waals surface area contributed by atoms with E-state index in [9.17, 15) is 38.7 Å². The van der Waals surface area contributed by atoms with Gasteiger partial charge in [-0.1, -0.05) is 54.6 Å². The highest BCUT2D eigenvalue weighted by Crippen LogP contribution is 2.39. The predicted octanol–water partition coefficient (Wildman–Crippen LogP) is 3.45.